The molecule has 1 N–H and O–H groups in total. The van der Waals surface area contributed by atoms with Crippen molar-refractivity contribution in [1.82, 2.24) is 4.98 Å². The molecule has 0 radical (unpaired) electrons. The van der Waals surface area contributed by atoms with Gasteiger partial charge in [-0.05, 0) is 32.3 Å². The van der Waals surface area contributed by atoms with Crippen LogP contribution in [0.1, 0.15) is 44.8 Å². The van der Waals surface area contributed by atoms with Crippen molar-refractivity contribution in [2.75, 3.05) is 13.2 Å². The van der Waals surface area contributed by atoms with Crippen LogP contribution in [0.5, 0.6) is 5.75 Å². The highest BCUT2D eigenvalue weighted by molar-refractivity contribution is 5.27. The third kappa shape index (κ3) is 2.82. The lowest BCUT2D eigenvalue weighted by atomic mass is 9.91. The summed E-state index contributed by atoms with van der Waals surface area (Å²) in [5.74, 6) is 0.704. The summed E-state index contributed by atoms with van der Waals surface area (Å²) >= 11 is 0. The second-order valence-corrected chi connectivity index (χ2v) is 4.97. The maximum atomic E-state index is 10.4. The lowest BCUT2D eigenvalue weighted by Crippen LogP contribution is -2.32. The Labute approximate surface area is 108 Å². The van der Waals surface area contributed by atoms with Crippen molar-refractivity contribution in [1.29, 1.82) is 0 Å². The Balaban J connectivity index is 2.12. The largest absolute Gasteiger partial charge is 0.492 e. The van der Waals surface area contributed by atoms with Gasteiger partial charge in [0, 0.05) is 18.4 Å². The first kappa shape index (κ1) is 13.3. The summed E-state index contributed by atoms with van der Waals surface area (Å²) in [4.78, 5) is 4.12. The van der Waals surface area contributed by atoms with Crippen molar-refractivity contribution in [2.24, 2.45) is 0 Å². The van der Waals surface area contributed by atoms with Crippen molar-refractivity contribution in [2.45, 2.75) is 44.8 Å². The van der Waals surface area contributed by atoms with E-state index in [-0.39, 0.29) is 0 Å². The Bertz CT molecular complexity index is 388. The van der Waals surface area contributed by atoms with Gasteiger partial charge >= 0.3 is 0 Å². The first-order chi connectivity index (χ1) is 8.65. The molecule has 0 aromatic carbocycles. The van der Waals surface area contributed by atoms with E-state index in [2.05, 4.69) is 11.9 Å². The molecule has 0 aliphatic carbocycles. The van der Waals surface area contributed by atoms with Gasteiger partial charge in [0.1, 0.15) is 11.9 Å². The summed E-state index contributed by atoms with van der Waals surface area (Å²) in [7, 11) is 0. The van der Waals surface area contributed by atoms with Crippen molar-refractivity contribution < 1.29 is 14.6 Å². The maximum Gasteiger partial charge on any atom is 0.137 e. The van der Waals surface area contributed by atoms with Gasteiger partial charge in [0.25, 0.3) is 0 Å². The van der Waals surface area contributed by atoms with Gasteiger partial charge in [-0.25, -0.2) is 0 Å². The molecular formula is C14H21NO3. The molecular weight excluding hydrogens is 230 g/mol. The summed E-state index contributed by atoms with van der Waals surface area (Å²) in [6, 6.07) is 1.85. The van der Waals surface area contributed by atoms with Crippen LogP contribution in [0.25, 0.3) is 0 Å². The van der Waals surface area contributed by atoms with E-state index >= 15 is 0 Å². The molecule has 2 unspecified atom stereocenters. The van der Waals surface area contributed by atoms with Gasteiger partial charge in [-0.15, -0.1) is 0 Å². The van der Waals surface area contributed by atoms with Gasteiger partial charge in [0.05, 0.1) is 18.4 Å². The fraction of sp³-hybridized carbons (Fsp3) is 0.643. The van der Waals surface area contributed by atoms with Crippen LogP contribution in [-0.4, -0.2) is 28.9 Å². The van der Waals surface area contributed by atoms with Crippen LogP contribution in [-0.2, 0) is 4.74 Å². The highest BCUT2D eigenvalue weighted by atomic mass is 16.5. The standard InChI is InChI=1S/C14H21NO3/c1-3-6-17-12-8-11(9-15-10-12)13(16)14(2)5-4-7-18-14/h8-10,13,16H,3-7H2,1-2H3. The molecule has 0 bridgehead atoms. The van der Waals surface area contributed by atoms with Crippen LogP contribution in [0.4, 0.5) is 0 Å². The molecule has 1 aromatic heterocycles. The highest BCUT2D eigenvalue weighted by Crippen LogP contribution is 2.37. The summed E-state index contributed by atoms with van der Waals surface area (Å²) in [5.41, 5.74) is 0.262. The molecule has 0 amide bonds. The third-order valence-corrected chi connectivity index (χ3v) is 3.35. The molecule has 2 rings (SSSR count). The second kappa shape index (κ2) is 5.67. The van der Waals surface area contributed by atoms with E-state index in [0.29, 0.717) is 19.0 Å². The molecule has 1 saturated heterocycles. The predicted molar refractivity (Wildman–Crippen MR) is 68.6 cm³/mol. The van der Waals surface area contributed by atoms with Crippen molar-refractivity contribution in [3.63, 3.8) is 0 Å². The van der Waals surface area contributed by atoms with E-state index in [1.54, 1.807) is 12.4 Å². The Morgan fingerprint density at radius 2 is 2.39 bits per heavy atom. The fourth-order valence-corrected chi connectivity index (χ4v) is 2.25. The van der Waals surface area contributed by atoms with Gasteiger partial charge < -0.3 is 14.6 Å². The van der Waals surface area contributed by atoms with Gasteiger partial charge in [0.15, 0.2) is 0 Å². The monoisotopic (exact) mass is 251 g/mol. The van der Waals surface area contributed by atoms with Crippen LogP contribution in [0, 0.1) is 0 Å². The normalized spacial score (nSPS) is 25.1. The van der Waals surface area contributed by atoms with Gasteiger partial charge in [0.2, 0.25) is 0 Å². The molecule has 1 aromatic rings. The zero-order valence-electron chi connectivity index (χ0n) is 11.1. The number of rotatable bonds is 5. The SMILES string of the molecule is CCCOc1cncc(C(O)C2(C)CCCO2)c1. The Kier molecular flexibility index (Phi) is 4.19. The lowest BCUT2D eigenvalue weighted by Gasteiger charge is -2.29. The molecule has 0 saturated carbocycles. The summed E-state index contributed by atoms with van der Waals surface area (Å²) in [6.45, 7) is 5.38. The van der Waals surface area contributed by atoms with E-state index in [4.69, 9.17) is 9.47 Å². The van der Waals surface area contributed by atoms with Crippen molar-refractivity contribution in [3.05, 3.63) is 24.0 Å². The Morgan fingerprint density at radius 3 is 3.06 bits per heavy atom. The predicted octanol–water partition coefficient (Wildman–Crippen LogP) is 2.47. The zero-order valence-corrected chi connectivity index (χ0v) is 11.1. The summed E-state index contributed by atoms with van der Waals surface area (Å²) in [6.07, 6.45) is 5.51. The van der Waals surface area contributed by atoms with E-state index < -0.39 is 11.7 Å². The summed E-state index contributed by atoms with van der Waals surface area (Å²) in [5, 5.41) is 10.4. The van der Waals surface area contributed by atoms with E-state index in [0.717, 1.165) is 24.8 Å². The topological polar surface area (TPSA) is 51.6 Å². The molecule has 1 aliphatic rings. The number of aliphatic hydroxyl groups is 1. The molecule has 2 atom stereocenters. The number of ether oxygens (including phenoxy) is 2. The minimum atomic E-state index is -0.655. The zero-order chi connectivity index (χ0) is 13.0. The molecule has 0 spiro atoms. The van der Waals surface area contributed by atoms with Crippen LogP contribution < -0.4 is 4.74 Å². The molecule has 1 aliphatic heterocycles. The number of nitrogens with zero attached hydrogens (tertiary/aromatic N) is 1. The van der Waals surface area contributed by atoms with Crippen molar-refractivity contribution >= 4 is 0 Å². The van der Waals surface area contributed by atoms with Crippen LogP contribution >= 0.6 is 0 Å². The van der Waals surface area contributed by atoms with Crippen LogP contribution in [0.3, 0.4) is 0 Å². The minimum absolute atomic E-state index is 0.495. The Hall–Kier alpha value is -1.13. The lowest BCUT2D eigenvalue weighted by molar-refractivity contribution is -0.0798. The molecule has 4 nitrogen and oxygen atoms in total. The van der Waals surface area contributed by atoms with E-state index in [1.807, 2.05) is 13.0 Å². The second-order valence-electron chi connectivity index (χ2n) is 4.97. The Morgan fingerprint density at radius 1 is 1.56 bits per heavy atom. The van der Waals surface area contributed by atoms with Gasteiger partial charge in [-0.1, -0.05) is 6.92 Å². The first-order valence-electron chi connectivity index (χ1n) is 6.55. The average molecular weight is 251 g/mol. The summed E-state index contributed by atoms with van der Waals surface area (Å²) < 4.78 is 11.2. The van der Waals surface area contributed by atoms with E-state index in [9.17, 15) is 5.11 Å². The van der Waals surface area contributed by atoms with Crippen LogP contribution in [0.15, 0.2) is 18.5 Å². The van der Waals surface area contributed by atoms with E-state index in [1.165, 1.54) is 0 Å². The number of pyridine rings is 1. The maximum absolute atomic E-state index is 10.4. The highest BCUT2D eigenvalue weighted by Gasteiger charge is 2.38. The number of hydrogen-bond acceptors (Lipinski definition) is 4. The fourth-order valence-electron chi connectivity index (χ4n) is 2.25. The first-order valence-corrected chi connectivity index (χ1v) is 6.55. The minimum Gasteiger partial charge on any atom is -0.492 e. The quantitative estimate of drug-likeness (QED) is 0.873. The van der Waals surface area contributed by atoms with Gasteiger partial charge in [-0.2, -0.15) is 0 Å². The number of aromatic nitrogens is 1. The number of aliphatic hydroxyl groups excluding tert-OH is 1. The third-order valence-electron chi connectivity index (χ3n) is 3.35. The smallest absolute Gasteiger partial charge is 0.137 e. The van der Waals surface area contributed by atoms with Gasteiger partial charge in [-0.3, -0.25) is 4.98 Å². The van der Waals surface area contributed by atoms with Crippen LogP contribution in [0.2, 0.25) is 0 Å². The molecule has 18 heavy (non-hydrogen) atoms. The molecule has 2 heterocycles. The number of hydrogen-bond donors (Lipinski definition) is 1. The van der Waals surface area contributed by atoms with Crippen molar-refractivity contribution in [3.8, 4) is 5.75 Å². The molecule has 100 valence electrons. The molecule has 1 fully saturated rings. The molecule has 4 heteroatoms. The average Bonchev–Trinajstić information content (AvgIpc) is 2.84.